The fraction of sp³-hybridized carbons (Fsp3) is 0.286. The fourth-order valence-corrected chi connectivity index (χ4v) is 3.32. The summed E-state index contributed by atoms with van der Waals surface area (Å²) in [5.74, 6) is 0.703. The van der Waals surface area contributed by atoms with E-state index in [0.717, 1.165) is 39.3 Å². The van der Waals surface area contributed by atoms with E-state index in [4.69, 9.17) is 0 Å². The quantitative estimate of drug-likeness (QED) is 0.574. The zero-order valence-corrected chi connectivity index (χ0v) is 16.2. The van der Waals surface area contributed by atoms with Crippen LogP contribution in [0.5, 0.6) is 5.75 Å². The normalized spacial score (nSPS) is 19.3. The van der Waals surface area contributed by atoms with Gasteiger partial charge in [-0.3, -0.25) is 9.59 Å². The van der Waals surface area contributed by atoms with Crippen molar-refractivity contribution in [2.24, 2.45) is 0 Å². The first-order chi connectivity index (χ1) is 14.6. The Morgan fingerprint density at radius 2 is 1.40 bits per heavy atom. The molecule has 1 aromatic carbocycles. The van der Waals surface area contributed by atoms with Crippen molar-refractivity contribution in [2.75, 3.05) is 39.3 Å². The lowest BCUT2D eigenvalue weighted by molar-refractivity contribution is -0.117. The van der Waals surface area contributed by atoms with E-state index in [9.17, 15) is 14.7 Å². The number of aromatic hydroxyl groups is 1. The number of Topliss-reactive ketones (excluding diaryl/α,β-unsaturated/α-hetero) is 1. The van der Waals surface area contributed by atoms with Crippen molar-refractivity contribution >= 4 is 11.6 Å². The zero-order valence-electron chi connectivity index (χ0n) is 16.2. The van der Waals surface area contributed by atoms with Crippen LogP contribution in [0.25, 0.3) is 11.4 Å². The molecule has 2 aromatic rings. The largest absolute Gasteiger partial charge is 0.507 e. The van der Waals surface area contributed by atoms with Gasteiger partial charge in [0.05, 0.1) is 11.3 Å². The molecule has 6 rings (SSSR count). The third kappa shape index (κ3) is 3.61. The predicted molar refractivity (Wildman–Crippen MR) is 107 cm³/mol. The molecule has 9 nitrogen and oxygen atoms in total. The van der Waals surface area contributed by atoms with Gasteiger partial charge in [-0.05, 0) is 12.1 Å². The molecule has 1 aromatic heterocycles. The molecule has 4 aliphatic rings. The summed E-state index contributed by atoms with van der Waals surface area (Å²) < 4.78 is 0. The molecule has 3 aliphatic heterocycles. The number of aromatic nitrogens is 3. The number of para-hydroxylation sites is 1. The number of allylic oxidation sites excluding steroid dienone is 1. The highest BCUT2D eigenvalue weighted by atomic mass is 16.3. The summed E-state index contributed by atoms with van der Waals surface area (Å²) in [7, 11) is 0. The summed E-state index contributed by atoms with van der Waals surface area (Å²) in [6.45, 7) is 5.41. The highest BCUT2D eigenvalue weighted by molar-refractivity contribution is 6.22. The van der Waals surface area contributed by atoms with E-state index in [-0.39, 0.29) is 17.3 Å². The fourth-order valence-electron chi connectivity index (χ4n) is 3.32. The highest BCUT2D eigenvalue weighted by Crippen LogP contribution is 2.34. The van der Waals surface area contributed by atoms with Crippen LogP contribution in [0.15, 0.2) is 60.1 Å². The number of hydrogen-bond donors (Lipinski definition) is 1. The topological polar surface area (TPSA) is 102 Å². The maximum atomic E-state index is 12.4. The van der Waals surface area contributed by atoms with Gasteiger partial charge in [0.2, 0.25) is 11.6 Å². The van der Waals surface area contributed by atoms with Crippen molar-refractivity contribution in [3.63, 3.8) is 0 Å². The smallest absolute Gasteiger partial charge is 0.227 e. The third-order valence-corrected chi connectivity index (χ3v) is 5.13. The Morgan fingerprint density at radius 3 is 2.00 bits per heavy atom. The van der Waals surface area contributed by atoms with Crippen LogP contribution in [-0.4, -0.2) is 85.6 Å². The van der Waals surface area contributed by atoms with E-state index in [1.165, 1.54) is 18.7 Å². The Morgan fingerprint density at radius 1 is 0.800 bits per heavy atom. The van der Waals surface area contributed by atoms with Crippen molar-refractivity contribution in [3.05, 3.63) is 60.1 Å². The Kier molecular flexibility index (Phi) is 4.42. The summed E-state index contributed by atoms with van der Waals surface area (Å²) in [5, 5.41) is 9.46. The molecule has 0 atom stereocenters. The second-order valence-corrected chi connectivity index (χ2v) is 7.36. The van der Waals surface area contributed by atoms with Gasteiger partial charge in [-0.1, -0.05) is 12.1 Å². The molecule has 0 radical (unpaired) electrons. The Labute approximate surface area is 173 Å². The van der Waals surface area contributed by atoms with Gasteiger partial charge >= 0.3 is 0 Å². The second-order valence-electron chi connectivity index (χ2n) is 7.36. The van der Waals surface area contributed by atoms with Gasteiger partial charge in [-0.15, -0.1) is 0 Å². The average molecular weight is 404 g/mol. The summed E-state index contributed by atoms with van der Waals surface area (Å²) in [6, 6.07) is 6.92. The van der Waals surface area contributed by atoms with E-state index >= 15 is 0 Å². The average Bonchev–Trinajstić information content (AvgIpc) is 3.61. The molecule has 152 valence electrons. The van der Waals surface area contributed by atoms with Crippen molar-refractivity contribution in [1.82, 2.24) is 29.7 Å². The minimum Gasteiger partial charge on any atom is -0.507 e. The lowest BCUT2D eigenvalue weighted by Crippen LogP contribution is -2.29. The number of rotatable bonds is 4. The summed E-state index contributed by atoms with van der Waals surface area (Å²) in [6.07, 6.45) is 4.32. The molecule has 3 saturated heterocycles. The van der Waals surface area contributed by atoms with Crippen LogP contribution < -0.4 is 0 Å². The highest BCUT2D eigenvalue weighted by Gasteiger charge is 2.43. The van der Waals surface area contributed by atoms with Gasteiger partial charge < -0.3 is 19.8 Å². The van der Waals surface area contributed by atoms with Crippen LogP contribution in [0.4, 0.5) is 0 Å². The summed E-state index contributed by atoms with van der Waals surface area (Å²) >= 11 is 0. The molecular weight excluding hydrogens is 384 g/mol. The SMILES string of the molecule is O=C1C=C(N2CC2)C(=O)C(N2CC2)=C1N1CC1.Oc1ccccc1-c1ncncn1. The monoisotopic (exact) mass is 404 g/mol. The maximum Gasteiger partial charge on any atom is 0.227 e. The van der Waals surface area contributed by atoms with Crippen molar-refractivity contribution in [2.45, 2.75) is 0 Å². The summed E-state index contributed by atoms with van der Waals surface area (Å²) in [4.78, 5) is 42.0. The molecule has 0 saturated carbocycles. The van der Waals surface area contributed by atoms with Gasteiger partial charge in [0.25, 0.3) is 0 Å². The van der Waals surface area contributed by atoms with Crippen LogP contribution in [0.2, 0.25) is 0 Å². The molecule has 1 N–H and O–H groups in total. The summed E-state index contributed by atoms with van der Waals surface area (Å²) in [5.41, 5.74) is 2.50. The molecule has 0 amide bonds. The van der Waals surface area contributed by atoms with Crippen LogP contribution in [0.1, 0.15) is 0 Å². The third-order valence-electron chi connectivity index (χ3n) is 5.13. The van der Waals surface area contributed by atoms with E-state index in [2.05, 4.69) is 15.0 Å². The number of ketones is 2. The second kappa shape index (κ2) is 7.25. The van der Waals surface area contributed by atoms with Crippen LogP contribution >= 0.6 is 0 Å². The Hall–Kier alpha value is -3.75. The Bertz CT molecular complexity index is 1070. The van der Waals surface area contributed by atoms with Gasteiger partial charge in [0, 0.05) is 45.3 Å². The number of nitrogens with zero attached hydrogens (tertiary/aromatic N) is 6. The van der Waals surface area contributed by atoms with Gasteiger partial charge in [-0.2, -0.15) is 0 Å². The van der Waals surface area contributed by atoms with Crippen LogP contribution in [0, 0.1) is 0 Å². The molecule has 0 unspecified atom stereocenters. The standard InChI is InChI=1S/C12H13N3O2.C9H7N3O/c16-9-7-8(13-1-2-13)12(17)11(15-5-6-15)10(9)14-3-4-14;13-8-4-2-1-3-7(8)9-11-5-10-6-12-9/h7H,1-6H2;1-6,13H. The Balaban J connectivity index is 0.000000134. The molecule has 0 spiro atoms. The number of hydrogen-bond acceptors (Lipinski definition) is 9. The van der Waals surface area contributed by atoms with Crippen LogP contribution in [-0.2, 0) is 9.59 Å². The number of carbonyl (C=O) groups is 2. The predicted octanol–water partition coefficient (Wildman–Crippen LogP) is 0.425. The van der Waals surface area contributed by atoms with Gasteiger partial charge in [0.1, 0.15) is 29.8 Å². The lowest BCUT2D eigenvalue weighted by Gasteiger charge is -2.21. The number of benzene rings is 1. The first-order valence-electron chi connectivity index (χ1n) is 9.83. The lowest BCUT2D eigenvalue weighted by atomic mass is 10.0. The molecule has 0 bridgehead atoms. The van der Waals surface area contributed by atoms with Crippen molar-refractivity contribution in [3.8, 4) is 17.1 Å². The number of carbonyl (C=O) groups excluding carboxylic acids is 2. The van der Waals surface area contributed by atoms with Crippen molar-refractivity contribution < 1.29 is 14.7 Å². The number of phenolic OH excluding ortho intramolecular Hbond substituents is 1. The minimum absolute atomic E-state index is 0.00546. The molecule has 9 heteroatoms. The molecule has 4 heterocycles. The van der Waals surface area contributed by atoms with E-state index in [0.29, 0.717) is 28.5 Å². The molecule has 3 fully saturated rings. The molecule has 30 heavy (non-hydrogen) atoms. The van der Waals surface area contributed by atoms with E-state index < -0.39 is 0 Å². The van der Waals surface area contributed by atoms with Crippen LogP contribution in [0.3, 0.4) is 0 Å². The van der Waals surface area contributed by atoms with E-state index in [1.54, 1.807) is 18.2 Å². The number of phenols is 1. The first kappa shape index (κ1) is 18.3. The van der Waals surface area contributed by atoms with E-state index in [1.807, 2.05) is 20.8 Å². The first-order valence-corrected chi connectivity index (χ1v) is 9.83. The van der Waals surface area contributed by atoms with Gasteiger partial charge in [0.15, 0.2) is 5.82 Å². The zero-order chi connectivity index (χ0) is 20.7. The molecular formula is C21H20N6O3. The minimum atomic E-state index is 0.00546. The van der Waals surface area contributed by atoms with Crippen molar-refractivity contribution in [1.29, 1.82) is 0 Å². The maximum absolute atomic E-state index is 12.4. The van der Waals surface area contributed by atoms with Gasteiger partial charge in [-0.25, -0.2) is 15.0 Å². The molecule has 1 aliphatic carbocycles.